The lowest BCUT2D eigenvalue weighted by molar-refractivity contribution is 0.0637. The fraction of sp³-hybridized carbons (Fsp3) is 0.346. The first-order valence-corrected chi connectivity index (χ1v) is 11.4. The Bertz CT molecular complexity index is 1070. The Kier molecular flexibility index (Phi) is 7.12. The number of rotatable bonds is 8. The molecule has 32 heavy (non-hydrogen) atoms. The zero-order valence-corrected chi connectivity index (χ0v) is 18.4. The Balaban J connectivity index is 1.18. The summed E-state index contributed by atoms with van der Waals surface area (Å²) in [7, 11) is 0. The molecule has 166 valence electrons. The van der Waals surface area contributed by atoms with Gasteiger partial charge in [-0.05, 0) is 54.8 Å². The lowest BCUT2D eigenvalue weighted by Gasteiger charge is -2.35. The second-order valence-electron chi connectivity index (χ2n) is 8.37. The lowest BCUT2D eigenvalue weighted by Crippen LogP contribution is -2.48. The molecule has 0 atom stereocenters. The molecule has 3 aromatic rings. The van der Waals surface area contributed by atoms with Gasteiger partial charge >= 0.3 is 0 Å². The van der Waals surface area contributed by atoms with Crippen molar-refractivity contribution in [1.82, 2.24) is 14.8 Å². The number of aromatic nitrogens is 1. The molecule has 0 spiro atoms. The number of hydrogen-bond acceptors (Lipinski definition) is 4. The van der Waals surface area contributed by atoms with Gasteiger partial charge in [0.2, 0.25) is 5.91 Å². The van der Waals surface area contributed by atoms with Crippen LogP contribution in [0.1, 0.15) is 45.7 Å². The van der Waals surface area contributed by atoms with E-state index in [1.54, 1.807) is 12.3 Å². The molecule has 1 aliphatic rings. The highest BCUT2D eigenvalue weighted by Crippen LogP contribution is 2.21. The summed E-state index contributed by atoms with van der Waals surface area (Å²) in [6, 6.07) is 17.7. The van der Waals surface area contributed by atoms with Gasteiger partial charge in [-0.1, -0.05) is 42.8 Å². The van der Waals surface area contributed by atoms with Crippen LogP contribution in [0, 0.1) is 0 Å². The fourth-order valence-electron chi connectivity index (χ4n) is 4.29. The minimum absolute atomic E-state index is 0.135. The number of nitrogens with two attached hydrogens (primary N) is 1. The summed E-state index contributed by atoms with van der Waals surface area (Å²) < 4.78 is 0. The molecule has 2 heterocycles. The van der Waals surface area contributed by atoms with Crippen molar-refractivity contribution in [3.63, 3.8) is 0 Å². The molecule has 1 saturated heterocycles. The number of amides is 2. The highest BCUT2D eigenvalue weighted by Gasteiger charge is 2.22. The number of hydrogen-bond donors (Lipinski definition) is 1. The molecule has 6 nitrogen and oxygen atoms in total. The van der Waals surface area contributed by atoms with Crippen molar-refractivity contribution >= 4 is 22.6 Å². The minimum Gasteiger partial charge on any atom is -0.366 e. The van der Waals surface area contributed by atoms with Gasteiger partial charge in [-0.3, -0.25) is 19.5 Å². The van der Waals surface area contributed by atoms with Gasteiger partial charge in [0.25, 0.3) is 5.91 Å². The van der Waals surface area contributed by atoms with Crippen LogP contribution in [0.3, 0.4) is 0 Å². The lowest BCUT2D eigenvalue weighted by atomic mass is 10.0. The summed E-state index contributed by atoms with van der Waals surface area (Å²) in [6.45, 7) is 4.46. The van der Waals surface area contributed by atoms with Gasteiger partial charge in [0.05, 0.1) is 5.56 Å². The maximum absolute atomic E-state index is 13.1. The first kappa shape index (κ1) is 22.0. The quantitative estimate of drug-likeness (QED) is 0.555. The third-order valence-corrected chi connectivity index (χ3v) is 6.20. The number of carbonyl (C=O) groups is 2. The first-order valence-electron chi connectivity index (χ1n) is 11.4. The largest absolute Gasteiger partial charge is 0.366 e. The van der Waals surface area contributed by atoms with Gasteiger partial charge < -0.3 is 10.6 Å². The molecule has 0 unspecified atom stereocenters. The Morgan fingerprint density at radius 1 is 0.875 bits per heavy atom. The molecular weight excluding hydrogens is 400 g/mol. The number of benzene rings is 2. The van der Waals surface area contributed by atoms with Crippen LogP contribution < -0.4 is 5.73 Å². The highest BCUT2D eigenvalue weighted by atomic mass is 16.2. The van der Waals surface area contributed by atoms with Crippen molar-refractivity contribution in [2.45, 2.75) is 25.7 Å². The highest BCUT2D eigenvalue weighted by molar-refractivity contribution is 6.07. The van der Waals surface area contributed by atoms with Crippen molar-refractivity contribution in [1.29, 1.82) is 0 Å². The number of carbonyl (C=O) groups excluding carboxylic acids is 2. The van der Waals surface area contributed by atoms with Crippen LogP contribution in [-0.2, 0) is 6.42 Å². The number of nitrogens with zero attached hydrogens (tertiary/aromatic N) is 3. The summed E-state index contributed by atoms with van der Waals surface area (Å²) in [5, 5.41) is 2.14. The SMILES string of the molecule is NC(=O)c1ccc(CCCCCN2CCN(C(=O)c3cccc4ccccc34)CC2)nc1. The summed E-state index contributed by atoms with van der Waals surface area (Å²) in [5.41, 5.74) is 7.49. The van der Waals surface area contributed by atoms with E-state index in [-0.39, 0.29) is 5.91 Å². The smallest absolute Gasteiger partial charge is 0.254 e. The molecule has 2 N–H and O–H groups in total. The zero-order valence-electron chi connectivity index (χ0n) is 18.4. The van der Waals surface area contributed by atoms with E-state index in [1.807, 2.05) is 41.3 Å². The van der Waals surface area contributed by atoms with Crippen LogP contribution in [0.4, 0.5) is 0 Å². The predicted molar refractivity (Wildman–Crippen MR) is 127 cm³/mol. The van der Waals surface area contributed by atoms with Crippen molar-refractivity contribution < 1.29 is 9.59 Å². The topological polar surface area (TPSA) is 79.5 Å². The molecule has 0 bridgehead atoms. The number of unbranched alkanes of at least 4 members (excludes halogenated alkanes) is 2. The second-order valence-corrected chi connectivity index (χ2v) is 8.37. The van der Waals surface area contributed by atoms with Crippen molar-refractivity contribution in [2.75, 3.05) is 32.7 Å². The van der Waals surface area contributed by atoms with Crippen LogP contribution in [-0.4, -0.2) is 59.3 Å². The normalized spacial score (nSPS) is 14.6. The average Bonchev–Trinajstić information content (AvgIpc) is 2.84. The Morgan fingerprint density at radius 3 is 2.41 bits per heavy atom. The molecule has 4 rings (SSSR count). The summed E-state index contributed by atoms with van der Waals surface area (Å²) in [6.07, 6.45) is 5.80. The van der Waals surface area contributed by atoms with Gasteiger partial charge in [-0.2, -0.15) is 0 Å². The van der Waals surface area contributed by atoms with E-state index in [1.165, 1.54) is 0 Å². The molecule has 1 aliphatic heterocycles. The number of piperazine rings is 1. The van der Waals surface area contributed by atoms with Crippen LogP contribution in [0.2, 0.25) is 0 Å². The molecule has 1 fully saturated rings. The van der Waals surface area contributed by atoms with Gasteiger partial charge in [-0.25, -0.2) is 0 Å². The van der Waals surface area contributed by atoms with E-state index in [0.29, 0.717) is 5.56 Å². The first-order chi connectivity index (χ1) is 15.6. The predicted octanol–water partition coefficient (Wildman–Crippen LogP) is 3.50. The Hall–Kier alpha value is -3.25. The average molecular weight is 431 g/mol. The fourth-order valence-corrected chi connectivity index (χ4v) is 4.29. The Labute approximate surface area is 189 Å². The van der Waals surface area contributed by atoms with Crippen molar-refractivity contribution in [3.05, 3.63) is 77.6 Å². The van der Waals surface area contributed by atoms with Gasteiger partial charge in [-0.15, -0.1) is 0 Å². The second kappa shape index (κ2) is 10.4. The van der Waals surface area contributed by atoms with Crippen molar-refractivity contribution in [2.24, 2.45) is 5.73 Å². The third-order valence-electron chi connectivity index (χ3n) is 6.20. The third kappa shape index (κ3) is 5.32. The molecule has 2 aromatic carbocycles. The van der Waals surface area contributed by atoms with E-state index in [4.69, 9.17) is 5.73 Å². The number of primary amides is 1. The standard InChI is InChI=1S/C26H30N4O2/c27-25(31)21-12-13-22(28-19-21)9-2-1-5-14-29-15-17-30(18-16-29)26(32)24-11-6-8-20-7-3-4-10-23(20)24/h3-4,6-8,10-13,19H,1-2,5,9,14-18H2,(H2,27,31). The molecule has 0 saturated carbocycles. The molecule has 6 heteroatoms. The zero-order chi connectivity index (χ0) is 22.3. The molecule has 0 radical (unpaired) electrons. The van der Waals surface area contributed by atoms with E-state index in [2.05, 4.69) is 22.0 Å². The molecular formula is C26H30N4O2. The van der Waals surface area contributed by atoms with Crippen LogP contribution >= 0.6 is 0 Å². The van der Waals surface area contributed by atoms with Crippen LogP contribution in [0.25, 0.3) is 10.8 Å². The van der Waals surface area contributed by atoms with E-state index in [9.17, 15) is 9.59 Å². The summed E-state index contributed by atoms with van der Waals surface area (Å²) in [5.74, 6) is -0.306. The minimum atomic E-state index is -0.442. The number of pyridine rings is 1. The molecule has 0 aliphatic carbocycles. The monoisotopic (exact) mass is 430 g/mol. The number of aryl methyl sites for hydroxylation is 1. The molecule has 1 aromatic heterocycles. The number of fused-ring (bicyclic) bond motifs is 1. The van der Waals surface area contributed by atoms with Gasteiger partial charge in [0.15, 0.2) is 0 Å². The van der Waals surface area contributed by atoms with Crippen LogP contribution in [0.5, 0.6) is 0 Å². The van der Waals surface area contributed by atoms with E-state index in [0.717, 1.165) is 80.4 Å². The van der Waals surface area contributed by atoms with Gasteiger partial charge in [0, 0.05) is 43.6 Å². The van der Waals surface area contributed by atoms with Crippen LogP contribution in [0.15, 0.2) is 60.8 Å². The molecule has 2 amide bonds. The maximum Gasteiger partial charge on any atom is 0.254 e. The maximum atomic E-state index is 13.1. The van der Waals surface area contributed by atoms with Crippen molar-refractivity contribution in [3.8, 4) is 0 Å². The van der Waals surface area contributed by atoms with E-state index < -0.39 is 5.91 Å². The van der Waals surface area contributed by atoms with Gasteiger partial charge in [0.1, 0.15) is 0 Å². The summed E-state index contributed by atoms with van der Waals surface area (Å²) in [4.78, 5) is 32.9. The van der Waals surface area contributed by atoms with E-state index >= 15 is 0 Å². The summed E-state index contributed by atoms with van der Waals surface area (Å²) >= 11 is 0. The Morgan fingerprint density at radius 2 is 1.66 bits per heavy atom.